The molecule has 1 aromatic carbocycles. The minimum absolute atomic E-state index is 0.0655. The second kappa shape index (κ2) is 5.98. The van der Waals surface area contributed by atoms with Gasteiger partial charge in [-0.25, -0.2) is 0 Å². The van der Waals surface area contributed by atoms with Crippen LogP contribution in [0.25, 0.3) is 0 Å². The van der Waals surface area contributed by atoms with Crippen LogP contribution in [-0.4, -0.2) is 24.5 Å². The summed E-state index contributed by atoms with van der Waals surface area (Å²) in [6.07, 6.45) is 0. The smallest absolute Gasteiger partial charge is 0.0701 e. The van der Waals surface area contributed by atoms with E-state index in [0.717, 1.165) is 26.2 Å². The summed E-state index contributed by atoms with van der Waals surface area (Å²) in [5.74, 6) is 0. The molecule has 2 nitrogen and oxygen atoms in total. The maximum absolute atomic E-state index is 3.56. The number of rotatable bonds is 3. The zero-order chi connectivity index (χ0) is 14.0. The third-order valence-electron chi connectivity index (χ3n) is 4.10. The van der Waals surface area contributed by atoms with E-state index in [1.54, 1.807) is 0 Å². The average molecular weight is 351 g/mol. The van der Waals surface area contributed by atoms with Crippen molar-refractivity contribution in [3.05, 3.63) is 56.7 Å². The predicted molar refractivity (Wildman–Crippen MR) is 89.1 cm³/mol. The van der Waals surface area contributed by atoms with Gasteiger partial charge in [0.1, 0.15) is 0 Å². The molecule has 0 radical (unpaired) electrons. The summed E-state index contributed by atoms with van der Waals surface area (Å²) in [5, 5.41) is 3.55. The first kappa shape index (κ1) is 14.3. The lowest BCUT2D eigenvalue weighted by Gasteiger charge is -2.45. The maximum Gasteiger partial charge on any atom is 0.0701 e. The topological polar surface area (TPSA) is 15.3 Å². The lowest BCUT2D eigenvalue weighted by atomic mass is 9.88. The van der Waals surface area contributed by atoms with Crippen molar-refractivity contribution in [2.75, 3.05) is 19.6 Å². The van der Waals surface area contributed by atoms with Gasteiger partial charge in [0.25, 0.3) is 0 Å². The molecule has 0 amide bonds. The lowest BCUT2D eigenvalue weighted by Crippen LogP contribution is -2.56. The first-order chi connectivity index (χ1) is 9.68. The summed E-state index contributed by atoms with van der Waals surface area (Å²) in [5.41, 5.74) is 1.46. The van der Waals surface area contributed by atoms with Crippen molar-refractivity contribution < 1.29 is 0 Å². The molecular weight excluding hydrogens is 332 g/mol. The van der Waals surface area contributed by atoms with Gasteiger partial charge >= 0.3 is 0 Å². The monoisotopic (exact) mass is 350 g/mol. The molecule has 1 fully saturated rings. The van der Waals surface area contributed by atoms with Crippen LogP contribution in [0.4, 0.5) is 0 Å². The molecule has 0 spiro atoms. The van der Waals surface area contributed by atoms with Gasteiger partial charge in [-0.2, -0.15) is 0 Å². The lowest BCUT2D eigenvalue weighted by molar-refractivity contribution is 0.0660. The number of hydrogen-bond donors (Lipinski definition) is 1. The molecular formula is C16H19BrN2S. The van der Waals surface area contributed by atoms with Crippen LogP contribution in [0, 0.1) is 0 Å². The molecule has 0 saturated carbocycles. The van der Waals surface area contributed by atoms with Gasteiger partial charge in [0.2, 0.25) is 0 Å². The molecule has 1 aliphatic rings. The van der Waals surface area contributed by atoms with Gasteiger partial charge in [-0.05, 0) is 40.5 Å². The Morgan fingerprint density at radius 3 is 2.75 bits per heavy atom. The highest BCUT2D eigenvalue weighted by Gasteiger charge is 2.35. The highest BCUT2D eigenvalue weighted by Crippen LogP contribution is 2.32. The Morgan fingerprint density at radius 1 is 1.25 bits per heavy atom. The summed E-state index contributed by atoms with van der Waals surface area (Å²) in [6.45, 7) is 6.51. The largest absolute Gasteiger partial charge is 0.313 e. The fraction of sp³-hybridized carbons (Fsp3) is 0.375. The van der Waals surface area contributed by atoms with Gasteiger partial charge in [0.15, 0.2) is 0 Å². The molecule has 1 aromatic heterocycles. The summed E-state index contributed by atoms with van der Waals surface area (Å²) in [4.78, 5) is 4.01. The Morgan fingerprint density at radius 2 is 2.05 bits per heavy atom. The van der Waals surface area contributed by atoms with E-state index < -0.39 is 0 Å². The molecule has 1 N–H and O–H groups in total. The Bertz CT molecular complexity index is 569. The molecule has 0 aliphatic carbocycles. The van der Waals surface area contributed by atoms with E-state index in [9.17, 15) is 0 Å². The molecule has 1 unspecified atom stereocenters. The predicted octanol–water partition coefficient (Wildman–Crippen LogP) is 3.83. The molecule has 1 atom stereocenters. The SMILES string of the molecule is CC1(c2ccccc2)CNCCN1Cc1ccc(Br)s1. The molecule has 106 valence electrons. The van der Waals surface area contributed by atoms with E-state index in [1.807, 2.05) is 11.3 Å². The number of hydrogen-bond acceptors (Lipinski definition) is 3. The fourth-order valence-corrected chi connectivity index (χ4v) is 4.36. The number of halogens is 1. The van der Waals surface area contributed by atoms with E-state index in [2.05, 4.69) is 75.5 Å². The summed E-state index contributed by atoms with van der Waals surface area (Å²) < 4.78 is 1.21. The zero-order valence-electron chi connectivity index (χ0n) is 11.6. The van der Waals surface area contributed by atoms with Crippen LogP contribution in [0.5, 0.6) is 0 Å². The Balaban J connectivity index is 1.87. The van der Waals surface area contributed by atoms with Gasteiger partial charge in [-0.3, -0.25) is 4.90 Å². The van der Waals surface area contributed by atoms with Gasteiger partial charge in [0, 0.05) is 31.1 Å². The van der Waals surface area contributed by atoms with Crippen molar-refractivity contribution in [2.24, 2.45) is 0 Å². The van der Waals surface area contributed by atoms with Crippen molar-refractivity contribution in [2.45, 2.75) is 19.0 Å². The van der Waals surface area contributed by atoms with E-state index in [1.165, 1.54) is 14.2 Å². The van der Waals surface area contributed by atoms with Crippen molar-refractivity contribution >= 4 is 27.3 Å². The van der Waals surface area contributed by atoms with Crippen molar-refractivity contribution in [1.82, 2.24) is 10.2 Å². The highest BCUT2D eigenvalue weighted by molar-refractivity contribution is 9.11. The van der Waals surface area contributed by atoms with E-state index >= 15 is 0 Å². The number of thiophene rings is 1. The van der Waals surface area contributed by atoms with E-state index in [0.29, 0.717) is 0 Å². The van der Waals surface area contributed by atoms with Crippen molar-refractivity contribution in [3.8, 4) is 0 Å². The normalized spacial score (nSPS) is 23.9. The number of nitrogens with zero attached hydrogens (tertiary/aromatic N) is 1. The second-order valence-electron chi connectivity index (χ2n) is 5.44. The maximum atomic E-state index is 3.56. The van der Waals surface area contributed by atoms with E-state index in [-0.39, 0.29) is 5.54 Å². The molecule has 2 aromatic rings. The van der Waals surface area contributed by atoms with Crippen LogP contribution in [0.1, 0.15) is 17.4 Å². The third-order valence-corrected chi connectivity index (χ3v) is 5.71. The molecule has 1 saturated heterocycles. The minimum atomic E-state index is 0.0655. The molecule has 20 heavy (non-hydrogen) atoms. The Kier molecular flexibility index (Phi) is 4.26. The Labute approximate surface area is 132 Å². The van der Waals surface area contributed by atoms with Crippen LogP contribution < -0.4 is 5.32 Å². The van der Waals surface area contributed by atoms with Crippen molar-refractivity contribution in [3.63, 3.8) is 0 Å². The minimum Gasteiger partial charge on any atom is -0.313 e. The Hall–Kier alpha value is -0.680. The first-order valence-corrected chi connectivity index (χ1v) is 8.55. The van der Waals surface area contributed by atoms with Crippen LogP contribution in [-0.2, 0) is 12.1 Å². The molecule has 0 bridgehead atoms. The van der Waals surface area contributed by atoms with Crippen LogP contribution >= 0.6 is 27.3 Å². The van der Waals surface area contributed by atoms with Gasteiger partial charge in [-0.1, -0.05) is 30.3 Å². The number of nitrogens with one attached hydrogen (secondary N) is 1. The first-order valence-electron chi connectivity index (χ1n) is 6.94. The third kappa shape index (κ3) is 2.84. The summed E-state index contributed by atoms with van der Waals surface area (Å²) >= 11 is 5.39. The van der Waals surface area contributed by atoms with Gasteiger partial charge in [-0.15, -0.1) is 11.3 Å². The second-order valence-corrected chi connectivity index (χ2v) is 7.99. The standard InChI is InChI=1S/C16H19BrN2S/c1-16(13-5-3-2-4-6-13)12-18-9-10-19(16)11-14-7-8-15(17)20-14/h2-8,18H,9-12H2,1H3. The summed E-state index contributed by atoms with van der Waals surface area (Å²) in [7, 11) is 0. The molecule has 3 rings (SSSR count). The van der Waals surface area contributed by atoms with Gasteiger partial charge in [0.05, 0.1) is 9.33 Å². The zero-order valence-corrected chi connectivity index (χ0v) is 14.0. The number of benzene rings is 1. The van der Waals surface area contributed by atoms with Crippen LogP contribution in [0.3, 0.4) is 0 Å². The molecule has 1 aliphatic heterocycles. The highest BCUT2D eigenvalue weighted by atomic mass is 79.9. The van der Waals surface area contributed by atoms with Crippen molar-refractivity contribution in [1.29, 1.82) is 0 Å². The van der Waals surface area contributed by atoms with Crippen LogP contribution in [0.2, 0.25) is 0 Å². The van der Waals surface area contributed by atoms with Crippen LogP contribution in [0.15, 0.2) is 46.3 Å². The number of piperazine rings is 1. The van der Waals surface area contributed by atoms with Gasteiger partial charge < -0.3 is 5.32 Å². The quantitative estimate of drug-likeness (QED) is 0.904. The average Bonchev–Trinajstić information content (AvgIpc) is 2.88. The summed E-state index contributed by atoms with van der Waals surface area (Å²) in [6, 6.07) is 15.2. The fourth-order valence-electron chi connectivity index (χ4n) is 2.86. The molecule has 4 heteroatoms. The molecule has 2 heterocycles. The van der Waals surface area contributed by atoms with E-state index in [4.69, 9.17) is 0 Å².